The summed E-state index contributed by atoms with van der Waals surface area (Å²) in [5.41, 5.74) is 0.734. The molecule has 0 aromatic carbocycles. The smallest absolute Gasteiger partial charge is 0.0622 e. The standard InChI is InChI=1S/C12H24O2/c1-11(2)7-6-9-12(3,14)8-4-5-10-13/h7,13-14H,4-6,8-10H2,1-3H3. The normalized spacial score (nSPS) is 14.9. The van der Waals surface area contributed by atoms with Crippen LogP contribution in [0.1, 0.15) is 52.9 Å². The first kappa shape index (κ1) is 13.7. The quantitative estimate of drug-likeness (QED) is 0.490. The zero-order valence-corrected chi connectivity index (χ0v) is 9.71. The van der Waals surface area contributed by atoms with Crippen LogP contribution < -0.4 is 0 Å². The van der Waals surface area contributed by atoms with E-state index in [1.165, 1.54) is 5.57 Å². The van der Waals surface area contributed by atoms with E-state index in [1.807, 2.05) is 6.92 Å². The highest BCUT2D eigenvalue weighted by Crippen LogP contribution is 2.20. The van der Waals surface area contributed by atoms with Crippen molar-refractivity contribution in [2.75, 3.05) is 6.61 Å². The van der Waals surface area contributed by atoms with E-state index in [2.05, 4.69) is 19.9 Å². The Balaban J connectivity index is 3.66. The summed E-state index contributed by atoms with van der Waals surface area (Å²) in [6.45, 7) is 6.24. The van der Waals surface area contributed by atoms with Crippen molar-refractivity contribution in [3.05, 3.63) is 11.6 Å². The predicted molar refractivity (Wildman–Crippen MR) is 60.2 cm³/mol. The first-order chi connectivity index (χ1) is 6.48. The van der Waals surface area contributed by atoms with Crippen LogP contribution in [0.4, 0.5) is 0 Å². The van der Waals surface area contributed by atoms with Crippen molar-refractivity contribution in [1.82, 2.24) is 0 Å². The predicted octanol–water partition coefficient (Wildman–Crippen LogP) is 2.65. The summed E-state index contributed by atoms with van der Waals surface area (Å²) in [7, 11) is 0. The molecule has 0 heterocycles. The molecular weight excluding hydrogens is 176 g/mol. The zero-order chi connectivity index (χ0) is 11.0. The van der Waals surface area contributed by atoms with Gasteiger partial charge in [0.05, 0.1) is 5.60 Å². The first-order valence-corrected chi connectivity index (χ1v) is 5.44. The van der Waals surface area contributed by atoms with Crippen molar-refractivity contribution in [3.63, 3.8) is 0 Å². The van der Waals surface area contributed by atoms with E-state index >= 15 is 0 Å². The molecule has 0 aromatic heterocycles. The molecule has 0 radical (unpaired) electrons. The van der Waals surface area contributed by atoms with Crippen LogP contribution in [-0.4, -0.2) is 22.4 Å². The van der Waals surface area contributed by atoms with Crippen LogP contribution in [0.25, 0.3) is 0 Å². The van der Waals surface area contributed by atoms with Gasteiger partial charge in [-0.25, -0.2) is 0 Å². The Morgan fingerprint density at radius 2 is 1.86 bits per heavy atom. The maximum atomic E-state index is 9.94. The molecular formula is C12H24O2. The molecule has 0 fully saturated rings. The molecule has 0 saturated heterocycles. The summed E-state index contributed by atoms with van der Waals surface area (Å²) < 4.78 is 0. The monoisotopic (exact) mass is 200 g/mol. The van der Waals surface area contributed by atoms with Crippen molar-refractivity contribution in [2.45, 2.75) is 58.5 Å². The number of unbranched alkanes of at least 4 members (excludes halogenated alkanes) is 1. The Morgan fingerprint density at radius 3 is 2.36 bits per heavy atom. The third kappa shape index (κ3) is 8.27. The van der Waals surface area contributed by atoms with Crippen LogP contribution in [0.2, 0.25) is 0 Å². The minimum absolute atomic E-state index is 0.226. The molecule has 0 rings (SSSR count). The van der Waals surface area contributed by atoms with Gasteiger partial charge in [0, 0.05) is 6.61 Å². The number of rotatable bonds is 7. The van der Waals surface area contributed by atoms with Gasteiger partial charge in [0.1, 0.15) is 0 Å². The Morgan fingerprint density at radius 1 is 1.21 bits per heavy atom. The molecule has 0 saturated carbocycles. The van der Waals surface area contributed by atoms with Crippen molar-refractivity contribution >= 4 is 0 Å². The molecule has 0 aliphatic rings. The molecule has 0 aliphatic carbocycles. The van der Waals surface area contributed by atoms with Crippen LogP contribution in [0.3, 0.4) is 0 Å². The van der Waals surface area contributed by atoms with Crippen LogP contribution >= 0.6 is 0 Å². The number of aliphatic hydroxyl groups is 2. The molecule has 2 nitrogen and oxygen atoms in total. The van der Waals surface area contributed by atoms with Gasteiger partial charge in [-0.2, -0.15) is 0 Å². The summed E-state index contributed by atoms with van der Waals surface area (Å²) in [5.74, 6) is 0. The van der Waals surface area contributed by atoms with E-state index in [9.17, 15) is 5.11 Å². The average Bonchev–Trinajstić information content (AvgIpc) is 2.03. The molecule has 0 amide bonds. The SMILES string of the molecule is CC(C)=CCCC(C)(O)CCCCO. The first-order valence-electron chi connectivity index (χ1n) is 5.44. The molecule has 0 spiro atoms. The van der Waals surface area contributed by atoms with Gasteiger partial charge >= 0.3 is 0 Å². The van der Waals surface area contributed by atoms with E-state index in [0.717, 1.165) is 32.1 Å². The van der Waals surface area contributed by atoms with Crippen molar-refractivity contribution < 1.29 is 10.2 Å². The van der Waals surface area contributed by atoms with Crippen LogP contribution in [0.15, 0.2) is 11.6 Å². The average molecular weight is 200 g/mol. The lowest BCUT2D eigenvalue weighted by molar-refractivity contribution is 0.0392. The fourth-order valence-corrected chi connectivity index (χ4v) is 1.41. The van der Waals surface area contributed by atoms with E-state index in [4.69, 9.17) is 5.11 Å². The van der Waals surface area contributed by atoms with E-state index in [0.29, 0.717) is 0 Å². The van der Waals surface area contributed by atoms with Gasteiger partial charge in [-0.1, -0.05) is 11.6 Å². The lowest BCUT2D eigenvalue weighted by atomic mass is 9.93. The topological polar surface area (TPSA) is 40.5 Å². The second kappa shape index (κ2) is 7.02. The third-order valence-electron chi connectivity index (χ3n) is 2.36. The summed E-state index contributed by atoms with van der Waals surface area (Å²) in [4.78, 5) is 0. The largest absolute Gasteiger partial charge is 0.396 e. The third-order valence-corrected chi connectivity index (χ3v) is 2.36. The van der Waals surface area contributed by atoms with Gasteiger partial charge in [0.15, 0.2) is 0 Å². The summed E-state index contributed by atoms with van der Waals surface area (Å²) in [6.07, 6.45) is 6.37. The summed E-state index contributed by atoms with van der Waals surface area (Å²) in [6, 6.07) is 0. The molecule has 2 N–H and O–H groups in total. The minimum Gasteiger partial charge on any atom is -0.396 e. The highest BCUT2D eigenvalue weighted by atomic mass is 16.3. The Labute approximate surface area is 87.7 Å². The highest BCUT2D eigenvalue weighted by Gasteiger charge is 2.18. The van der Waals surface area contributed by atoms with E-state index in [1.54, 1.807) is 0 Å². The summed E-state index contributed by atoms with van der Waals surface area (Å²) in [5, 5.41) is 18.6. The molecule has 1 atom stereocenters. The highest BCUT2D eigenvalue weighted by molar-refractivity contribution is 4.94. The molecule has 0 aromatic rings. The van der Waals surface area contributed by atoms with Gasteiger partial charge < -0.3 is 10.2 Å². The number of hydrogen-bond donors (Lipinski definition) is 2. The molecule has 2 heteroatoms. The fraction of sp³-hybridized carbons (Fsp3) is 0.833. The molecule has 14 heavy (non-hydrogen) atoms. The molecule has 0 bridgehead atoms. The van der Waals surface area contributed by atoms with E-state index < -0.39 is 5.60 Å². The van der Waals surface area contributed by atoms with Crippen molar-refractivity contribution in [3.8, 4) is 0 Å². The lowest BCUT2D eigenvalue weighted by Crippen LogP contribution is -2.23. The lowest BCUT2D eigenvalue weighted by Gasteiger charge is -2.22. The number of allylic oxidation sites excluding steroid dienone is 2. The van der Waals surface area contributed by atoms with Crippen LogP contribution in [0, 0.1) is 0 Å². The van der Waals surface area contributed by atoms with Gasteiger partial charge in [-0.15, -0.1) is 0 Å². The molecule has 1 unspecified atom stereocenters. The Kier molecular flexibility index (Phi) is 6.85. The van der Waals surface area contributed by atoms with Crippen molar-refractivity contribution in [1.29, 1.82) is 0 Å². The Bertz CT molecular complexity index is 167. The molecule has 84 valence electrons. The van der Waals surface area contributed by atoms with Gasteiger partial charge in [0.2, 0.25) is 0 Å². The Hall–Kier alpha value is -0.340. The van der Waals surface area contributed by atoms with Crippen molar-refractivity contribution in [2.24, 2.45) is 0 Å². The van der Waals surface area contributed by atoms with E-state index in [-0.39, 0.29) is 6.61 Å². The second-order valence-corrected chi connectivity index (χ2v) is 4.50. The zero-order valence-electron chi connectivity index (χ0n) is 9.71. The maximum Gasteiger partial charge on any atom is 0.0622 e. The minimum atomic E-state index is -0.568. The van der Waals surface area contributed by atoms with Crippen LogP contribution in [-0.2, 0) is 0 Å². The van der Waals surface area contributed by atoms with Gasteiger partial charge in [-0.3, -0.25) is 0 Å². The fourth-order valence-electron chi connectivity index (χ4n) is 1.41. The molecule has 0 aliphatic heterocycles. The van der Waals surface area contributed by atoms with Crippen LogP contribution in [0.5, 0.6) is 0 Å². The summed E-state index contributed by atoms with van der Waals surface area (Å²) >= 11 is 0. The number of hydrogen-bond acceptors (Lipinski definition) is 2. The number of aliphatic hydroxyl groups excluding tert-OH is 1. The maximum absolute atomic E-state index is 9.94. The van der Waals surface area contributed by atoms with Gasteiger partial charge in [0.25, 0.3) is 0 Å². The van der Waals surface area contributed by atoms with Gasteiger partial charge in [-0.05, 0) is 52.9 Å². The second-order valence-electron chi connectivity index (χ2n) is 4.50.